The number of likely N-dealkylation sites (N-methyl/N-ethyl adjacent to an activating group) is 1. The third-order valence-corrected chi connectivity index (χ3v) is 9.84. The molecule has 0 radical (unpaired) electrons. The zero-order valence-corrected chi connectivity index (χ0v) is 24.9. The zero-order valence-electron chi connectivity index (χ0n) is 24.1. The molecule has 224 valence electrons. The lowest BCUT2D eigenvalue weighted by atomic mass is 9.96. The van der Waals surface area contributed by atoms with Crippen LogP contribution in [0.15, 0.2) is 53.4 Å². The Labute approximate surface area is 243 Å². The summed E-state index contributed by atoms with van der Waals surface area (Å²) in [6.07, 6.45) is 4.75. The van der Waals surface area contributed by atoms with E-state index in [4.69, 9.17) is 4.74 Å². The van der Waals surface area contributed by atoms with Gasteiger partial charge in [-0.15, -0.1) is 0 Å². The minimum absolute atomic E-state index is 0.0109. The van der Waals surface area contributed by atoms with Gasteiger partial charge in [0.25, 0.3) is 0 Å². The van der Waals surface area contributed by atoms with Gasteiger partial charge in [-0.2, -0.15) is 4.31 Å². The first-order valence-electron chi connectivity index (χ1n) is 14.4. The number of benzene rings is 2. The van der Waals surface area contributed by atoms with Crippen molar-refractivity contribution < 1.29 is 27.9 Å². The molecule has 1 aliphatic heterocycles. The van der Waals surface area contributed by atoms with Crippen molar-refractivity contribution in [1.82, 2.24) is 14.5 Å². The van der Waals surface area contributed by atoms with E-state index in [2.05, 4.69) is 10.6 Å². The Hall–Kier alpha value is -3.15. The maximum atomic E-state index is 13.5. The van der Waals surface area contributed by atoms with Gasteiger partial charge in [-0.25, -0.2) is 13.2 Å². The van der Waals surface area contributed by atoms with Gasteiger partial charge in [-0.05, 0) is 50.1 Å². The summed E-state index contributed by atoms with van der Waals surface area (Å²) >= 11 is 0. The number of anilines is 1. The van der Waals surface area contributed by atoms with Crippen LogP contribution in [0.5, 0.6) is 5.75 Å². The number of carbonyl (C=O) groups excluding carboxylic acids is 2. The number of fused-ring (bicyclic) bond motifs is 1. The second-order valence-electron chi connectivity index (χ2n) is 11.2. The number of hydrogen-bond acceptors (Lipinski definition) is 6. The number of sulfonamides is 1. The number of nitrogens with zero attached hydrogens (tertiary/aromatic N) is 2. The number of rotatable bonds is 8. The highest BCUT2D eigenvalue weighted by atomic mass is 32.2. The normalized spacial score (nSPS) is 21.2. The maximum absolute atomic E-state index is 13.5. The molecule has 1 heterocycles. The van der Waals surface area contributed by atoms with Gasteiger partial charge >= 0.3 is 6.03 Å². The van der Waals surface area contributed by atoms with E-state index in [1.54, 1.807) is 60.4 Å². The van der Waals surface area contributed by atoms with Crippen molar-refractivity contribution in [1.29, 1.82) is 0 Å². The van der Waals surface area contributed by atoms with Gasteiger partial charge in [-0.3, -0.25) is 4.79 Å². The summed E-state index contributed by atoms with van der Waals surface area (Å²) in [5, 5.41) is 15.8. The quantitative estimate of drug-likeness (QED) is 0.434. The van der Waals surface area contributed by atoms with E-state index in [1.165, 1.54) is 17.8 Å². The highest BCUT2D eigenvalue weighted by Gasteiger charge is 2.33. The van der Waals surface area contributed by atoms with Crippen LogP contribution in [-0.2, 0) is 21.2 Å². The molecule has 2 aromatic rings. The predicted octanol–water partition coefficient (Wildman–Crippen LogP) is 3.61. The van der Waals surface area contributed by atoms with E-state index >= 15 is 0 Å². The molecular formula is C30H42N4O6S. The average molecular weight is 587 g/mol. The number of urea groups is 1. The summed E-state index contributed by atoms with van der Waals surface area (Å²) in [5.41, 5.74) is 1.11. The molecule has 1 saturated carbocycles. The van der Waals surface area contributed by atoms with E-state index in [0.717, 1.165) is 25.7 Å². The molecule has 2 aromatic carbocycles. The van der Waals surface area contributed by atoms with Crippen LogP contribution in [0.3, 0.4) is 0 Å². The second kappa shape index (κ2) is 13.7. The van der Waals surface area contributed by atoms with Crippen LogP contribution in [0.4, 0.5) is 10.5 Å². The lowest BCUT2D eigenvalue weighted by molar-refractivity contribution is -0.134. The summed E-state index contributed by atoms with van der Waals surface area (Å²) < 4.78 is 34.3. The predicted molar refractivity (Wildman–Crippen MR) is 157 cm³/mol. The molecular weight excluding hydrogens is 544 g/mol. The van der Waals surface area contributed by atoms with Gasteiger partial charge in [0, 0.05) is 36.8 Å². The molecule has 3 atom stereocenters. The Kier molecular flexibility index (Phi) is 10.3. The van der Waals surface area contributed by atoms with E-state index in [1.807, 2.05) is 6.92 Å². The molecule has 0 unspecified atom stereocenters. The number of ether oxygens (including phenoxy) is 1. The van der Waals surface area contributed by atoms with Crippen molar-refractivity contribution in [3.63, 3.8) is 0 Å². The van der Waals surface area contributed by atoms with Crippen LogP contribution >= 0.6 is 0 Å². The van der Waals surface area contributed by atoms with Crippen molar-refractivity contribution in [3.05, 3.63) is 54.1 Å². The van der Waals surface area contributed by atoms with E-state index in [9.17, 15) is 23.1 Å². The van der Waals surface area contributed by atoms with Gasteiger partial charge in [0.2, 0.25) is 15.9 Å². The molecule has 41 heavy (non-hydrogen) atoms. The fourth-order valence-corrected chi connectivity index (χ4v) is 6.65. The molecule has 11 heteroatoms. The Bertz CT molecular complexity index is 1300. The van der Waals surface area contributed by atoms with Crippen LogP contribution in [0.2, 0.25) is 0 Å². The first-order chi connectivity index (χ1) is 19.6. The number of nitrogens with one attached hydrogen (secondary N) is 2. The molecule has 1 aliphatic carbocycles. The van der Waals surface area contributed by atoms with Crippen LogP contribution in [-0.4, -0.2) is 79.6 Å². The van der Waals surface area contributed by atoms with Crippen LogP contribution in [0, 0.1) is 5.92 Å². The van der Waals surface area contributed by atoms with Crippen LogP contribution in [0.1, 0.15) is 51.5 Å². The summed E-state index contributed by atoms with van der Waals surface area (Å²) in [4.78, 5) is 27.9. The van der Waals surface area contributed by atoms with Gasteiger partial charge in [0.1, 0.15) is 11.9 Å². The SMILES string of the molecule is C[C@H](CO)N1C[C@H](C)[C@H](CN(C)S(=O)(=O)c2ccccc2)Oc2ccc(NC(=O)NC3CCCCC3)cc2CC1=O. The third-order valence-electron chi connectivity index (χ3n) is 8.00. The van der Waals surface area contributed by atoms with Gasteiger partial charge in [0.15, 0.2) is 0 Å². The monoisotopic (exact) mass is 586 g/mol. The number of amides is 3. The summed E-state index contributed by atoms with van der Waals surface area (Å²) in [5.74, 6) is 0.0156. The summed E-state index contributed by atoms with van der Waals surface area (Å²) in [6, 6.07) is 12.8. The van der Waals surface area contributed by atoms with E-state index in [-0.39, 0.29) is 54.9 Å². The molecule has 2 aliphatic rings. The average Bonchev–Trinajstić information content (AvgIpc) is 3.01. The first kappa shape index (κ1) is 30.8. The van der Waals surface area contributed by atoms with Crippen molar-refractivity contribution in [2.45, 2.75) is 75.5 Å². The zero-order chi connectivity index (χ0) is 29.6. The largest absolute Gasteiger partial charge is 0.488 e. The highest BCUT2D eigenvalue weighted by Crippen LogP contribution is 2.30. The number of aliphatic hydroxyl groups excluding tert-OH is 1. The maximum Gasteiger partial charge on any atom is 0.319 e. The highest BCUT2D eigenvalue weighted by molar-refractivity contribution is 7.89. The molecule has 3 amide bonds. The number of carbonyl (C=O) groups is 2. The molecule has 10 nitrogen and oxygen atoms in total. The Morgan fingerprint density at radius 3 is 2.54 bits per heavy atom. The van der Waals surface area contributed by atoms with Crippen molar-refractivity contribution in [3.8, 4) is 5.75 Å². The minimum atomic E-state index is -3.77. The fourth-order valence-electron chi connectivity index (χ4n) is 5.45. The van der Waals surface area contributed by atoms with Gasteiger partial charge < -0.3 is 25.4 Å². The number of hydrogen-bond donors (Lipinski definition) is 3. The standard InChI is InChI=1S/C30H42N4O6S/c1-21-18-34(22(2)20-35)29(36)17-23-16-25(32-30(37)31-24-10-6-4-7-11-24)14-15-27(23)40-28(21)19-33(3)41(38,39)26-12-8-5-9-13-26/h5,8-9,12-16,21-22,24,28,35H,4,6-7,10-11,17-20H2,1-3H3,(H2,31,32,37)/t21-,22+,28-/m0/s1. The van der Waals surface area contributed by atoms with E-state index in [0.29, 0.717) is 17.0 Å². The van der Waals surface area contributed by atoms with Crippen LogP contribution in [0.25, 0.3) is 0 Å². The Morgan fingerprint density at radius 1 is 1.15 bits per heavy atom. The number of aliphatic hydroxyl groups is 1. The molecule has 4 rings (SSSR count). The molecule has 0 saturated heterocycles. The minimum Gasteiger partial charge on any atom is -0.488 e. The Morgan fingerprint density at radius 2 is 1.85 bits per heavy atom. The second-order valence-corrected chi connectivity index (χ2v) is 13.3. The van der Waals surface area contributed by atoms with Crippen molar-refractivity contribution >= 4 is 27.6 Å². The lowest BCUT2D eigenvalue weighted by Gasteiger charge is -2.33. The van der Waals surface area contributed by atoms with Crippen molar-refractivity contribution in [2.24, 2.45) is 5.92 Å². The van der Waals surface area contributed by atoms with E-state index < -0.39 is 22.2 Å². The third kappa shape index (κ3) is 7.78. The smallest absolute Gasteiger partial charge is 0.319 e. The van der Waals surface area contributed by atoms with Crippen LogP contribution < -0.4 is 15.4 Å². The lowest BCUT2D eigenvalue weighted by Crippen LogP contribution is -2.48. The summed E-state index contributed by atoms with van der Waals surface area (Å²) in [6.45, 7) is 3.82. The topological polar surface area (TPSA) is 128 Å². The first-order valence-corrected chi connectivity index (χ1v) is 15.8. The van der Waals surface area contributed by atoms with Crippen molar-refractivity contribution in [2.75, 3.05) is 32.1 Å². The molecule has 0 spiro atoms. The molecule has 1 fully saturated rings. The molecule has 0 bridgehead atoms. The molecule has 3 N–H and O–H groups in total. The van der Waals surface area contributed by atoms with Gasteiger partial charge in [0.05, 0.1) is 30.5 Å². The fraction of sp³-hybridized carbons (Fsp3) is 0.533. The van der Waals surface area contributed by atoms with Gasteiger partial charge in [-0.1, -0.05) is 44.4 Å². The molecule has 0 aromatic heterocycles. The summed E-state index contributed by atoms with van der Waals surface area (Å²) in [7, 11) is -2.25. The Balaban J connectivity index is 1.59.